The van der Waals surface area contributed by atoms with Crippen LogP contribution in [0.3, 0.4) is 0 Å². The third-order valence-electron chi connectivity index (χ3n) is 4.82. The van der Waals surface area contributed by atoms with E-state index in [1.165, 1.54) is 0 Å². The molecule has 4 rings (SSSR count). The van der Waals surface area contributed by atoms with E-state index in [0.29, 0.717) is 23.7 Å². The molecule has 0 bridgehead atoms. The molecule has 1 saturated heterocycles. The molecule has 25 heavy (non-hydrogen) atoms. The molecule has 0 aliphatic carbocycles. The minimum absolute atomic E-state index is 0.0529. The summed E-state index contributed by atoms with van der Waals surface area (Å²) < 4.78 is 1.80. The number of hydrogen-bond acceptors (Lipinski definition) is 2. The number of likely N-dealkylation sites (tertiary alicyclic amines) is 1. The fourth-order valence-electron chi connectivity index (χ4n) is 3.56. The van der Waals surface area contributed by atoms with Crippen LogP contribution in [0.25, 0.3) is 11.0 Å². The molecule has 0 atom stereocenters. The number of amides is 1. The number of H-pyrrole nitrogens is 1. The summed E-state index contributed by atoms with van der Waals surface area (Å²) in [5, 5.41) is 0.601. The Morgan fingerprint density at radius 1 is 1.08 bits per heavy atom. The number of carbonyl (C=O) groups is 1. The monoisotopic (exact) mass is 355 g/mol. The van der Waals surface area contributed by atoms with E-state index in [1.54, 1.807) is 16.7 Å². The van der Waals surface area contributed by atoms with E-state index in [1.807, 2.05) is 41.3 Å². The number of hydrogen-bond donors (Lipinski definition) is 1. The predicted molar refractivity (Wildman–Crippen MR) is 98.2 cm³/mol. The Hall–Kier alpha value is -2.53. The van der Waals surface area contributed by atoms with E-state index in [4.69, 9.17) is 11.6 Å². The van der Waals surface area contributed by atoms with E-state index in [2.05, 4.69) is 4.98 Å². The van der Waals surface area contributed by atoms with Crippen molar-refractivity contribution in [2.75, 3.05) is 13.1 Å². The number of piperidine rings is 1. The fourth-order valence-corrected chi connectivity index (χ4v) is 3.73. The highest BCUT2D eigenvalue weighted by Crippen LogP contribution is 2.26. The van der Waals surface area contributed by atoms with Crippen molar-refractivity contribution in [3.05, 3.63) is 69.6 Å². The first kappa shape index (κ1) is 16.0. The number of halogens is 1. The Bertz CT molecular complexity index is 969. The Morgan fingerprint density at radius 2 is 1.80 bits per heavy atom. The van der Waals surface area contributed by atoms with Gasteiger partial charge in [0.2, 0.25) is 0 Å². The van der Waals surface area contributed by atoms with Gasteiger partial charge in [-0.15, -0.1) is 0 Å². The maximum absolute atomic E-state index is 12.5. The highest BCUT2D eigenvalue weighted by molar-refractivity contribution is 6.31. The average molecular weight is 356 g/mol. The zero-order valence-corrected chi connectivity index (χ0v) is 14.4. The maximum atomic E-state index is 12.5. The van der Waals surface area contributed by atoms with Crippen LogP contribution in [0.5, 0.6) is 0 Å². The molecule has 5 nitrogen and oxygen atoms in total. The van der Waals surface area contributed by atoms with Gasteiger partial charge in [0.1, 0.15) is 0 Å². The molecule has 0 spiro atoms. The summed E-state index contributed by atoms with van der Waals surface area (Å²) in [6.45, 7) is 1.29. The van der Waals surface area contributed by atoms with Crippen LogP contribution in [0.2, 0.25) is 5.02 Å². The molecule has 0 saturated carbocycles. The van der Waals surface area contributed by atoms with Crippen LogP contribution in [0.4, 0.5) is 0 Å². The summed E-state index contributed by atoms with van der Waals surface area (Å²) in [6.07, 6.45) is 1.52. The first-order valence-corrected chi connectivity index (χ1v) is 8.75. The number of benzene rings is 2. The minimum atomic E-state index is -0.120. The van der Waals surface area contributed by atoms with Crippen LogP contribution in [-0.4, -0.2) is 33.4 Å². The first-order valence-electron chi connectivity index (χ1n) is 8.37. The summed E-state index contributed by atoms with van der Waals surface area (Å²) in [7, 11) is 0. The van der Waals surface area contributed by atoms with Crippen molar-refractivity contribution in [1.29, 1.82) is 0 Å². The molecule has 3 aromatic rings. The predicted octanol–water partition coefficient (Wildman–Crippen LogP) is 3.46. The van der Waals surface area contributed by atoms with Gasteiger partial charge in [-0.25, -0.2) is 4.79 Å². The number of rotatable bonds is 2. The molecule has 2 heterocycles. The van der Waals surface area contributed by atoms with Crippen LogP contribution in [-0.2, 0) is 0 Å². The number of nitrogens with zero attached hydrogens (tertiary/aromatic N) is 2. The Labute approximate surface area is 149 Å². The Kier molecular flexibility index (Phi) is 4.09. The zero-order valence-electron chi connectivity index (χ0n) is 13.6. The van der Waals surface area contributed by atoms with Crippen LogP contribution in [0.1, 0.15) is 29.2 Å². The van der Waals surface area contributed by atoms with Gasteiger partial charge in [0.05, 0.1) is 11.0 Å². The fraction of sp³-hybridized carbons (Fsp3) is 0.263. The normalized spacial score (nSPS) is 15.6. The smallest absolute Gasteiger partial charge is 0.326 e. The van der Waals surface area contributed by atoms with Crippen molar-refractivity contribution < 1.29 is 4.79 Å². The standard InChI is InChI=1S/C19H18ClN3O2/c20-14-6-7-17-16(12-14)21-19(25)23(17)15-8-10-22(11-9-15)18(24)13-4-2-1-3-5-13/h1-7,12,15H,8-11H2,(H,21,25). The topological polar surface area (TPSA) is 58.1 Å². The van der Waals surface area contributed by atoms with E-state index in [9.17, 15) is 9.59 Å². The number of aromatic nitrogens is 2. The molecule has 1 aromatic heterocycles. The second kappa shape index (κ2) is 6.41. The second-order valence-electron chi connectivity index (χ2n) is 6.35. The molecule has 128 valence electrons. The number of imidazole rings is 1. The highest BCUT2D eigenvalue weighted by atomic mass is 35.5. The number of carbonyl (C=O) groups excluding carboxylic acids is 1. The van der Waals surface area contributed by atoms with Gasteiger partial charge >= 0.3 is 5.69 Å². The quantitative estimate of drug-likeness (QED) is 0.765. The zero-order chi connectivity index (χ0) is 17.4. The van der Waals surface area contributed by atoms with Gasteiger partial charge in [0.25, 0.3) is 5.91 Å². The third kappa shape index (κ3) is 2.96. The largest absolute Gasteiger partial charge is 0.338 e. The van der Waals surface area contributed by atoms with E-state index in [0.717, 1.165) is 23.9 Å². The van der Waals surface area contributed by atoms with Crippen LogP contribution >= 0.6 is 11.6 Å². The number of aromatic amines is 1. The van der Waals surface area contributed by atoms with Gasteiger partial charge in [-0.1, -0.05) is 29.8 Å². The summed E-state index contributed by atoms with van der Waals surface area (Å²) >= 11 is 6.00. The molecule has 6 heteroatoms. The van der Waals surface area contributed by atoms with Gasteiger partial charge in [-0.05, 0) is 43.2 Å². The lowest BCUT2D eigenvalue weighted by Crippen LogP contribution is -2.40. The van der Waals surface area contributed by atoms with Crippen molar-refractivity contribution >= 4 is 28.5 Å². The number of nitrogens with one attached hydrogen (secondary N) is 1. The van der Waals surface area contributed by atoms with Crippen molar-refractivity contribution in [3.63, 3.8) is 0 Å². The molecule has 0 radical (unpaired) electrons. The molecule has 1 fully saturated rings. The van der Waals surface area contributed by atoms with E-state index >= 15 is 0 Å². The van der Waals surface area contributed by atoms with Crippen molar-refractivity contribution in [2.45, 2.75) is 18.9 Å². The van der Waals surface area contributed by atoms with Gasteiger partial charge in [-0.3, -0.25) is 9.36 Å². The Balaban J connectivity index is 1.54. The molecular weight excluding hydrogens is 338 g/mol. The molecule has 1 amide bonds. The Morgan fingerprint density at radius 3 is 2.52 bits per heavy atom. The van der Waals surface area contributed by atoms with E-state index < -0.39 is 0 Å². The number of fused-ring (bicyclic) bond motifs is 1. The highest BCUT2D eigenvalue weighted by Gasteiger charge is 2.26. The molecule has 1 N–H and O–H groups in total. The van der Waals surface area contributed by atoms with Crippen LogP contribution in [0, 0.1) is 0 Å². The minimum Gasteiger partial charge on any atom is -0.338 e. The third-order valence-corrected chi connectivity index (χ3v) is 5.05. The first-order chi connectivity index (χ1) is 12.1. The SMILES string of the molecule is O=C(c1ccccc1)N1CCC(n2c(=O)[nH]c3cc(Cl)ccc32)CC1. The maximum Gasteiger partial charge on any atom is 0.326 e. The van der Waals surface area contributed by atoms with Crippen LogP contribution in [0.15, 0.2) is 53.3 Å². The van der Waals surface area contributed by atoms with Crippen LogP contribution < -0.4 is 5.69 Å². The summed E-state index contributed by atoms with van der Waals surface area (Å²) in [6, 6.07) is 14.8. The van der Waals surface area contributed by atoms with Gasteiger partial charge < -0.3 is 9.88 Å². The van der Waals surface area contributed by atoms with Gasteiger partial charge in [-0.2, -0.15) is 0 Å². The van der Waals surface area contributed by atoms with Crippen molar-refractivity contribution in [2.24, 2.45) is 0 Å². The van der Waals surface area contributed by atoms with Gasteiger partial charge in [0, 0.05) is 29.7 Å². The molecule has 0 unspecified atom stereocenters. The van der Waals surface area contributed by atoms with Crippen molar-refractivity contribution in [1.82, 2.24) is 14.5 Å². The average Bonchev–Trinajstić information content (AvgIpc) is 2.97. The van der Waals surface area contributed by atoms with E-state index in [-0.39, 0.29) is 17.6 Å². The van der Waals surface area contributed by atoms with Gasteiger partial charge in [0.15, 0.2) is 0 Å². The summed E-state index contributed by atoms with van der Waals surface area (Å²) in [5.74, 6) is 0.0529. The second-order valence-corrected chi connectivity index (χ2v) is 6.79. The molecular formula is C19H18ClN3O2. The van der Waals surface area contributed by atoms with Crippen molar-refractivity contribution in [3.8, 4) is 0 Å². The summed E-state index contributed by atoms with van der Waals surface area (Å²) in [5.41, 5.74) is 2.20. The molecule has 1 aliphatic heterocycles. The molecule has 2 aromatic carbocycles. The lowest BCUT2D eigenvalue weighted by molar-refractivity contribution is 0.0695. The lowest BCUT2D eigenvalue weighted by atomic mass is 10.0. The lowest BCUT2D eigenvalue weighted by Gasteiger charge is -2.32. The summed E-state index contributed by atoms with van der Waals surface area (Å²) in [4.78, 5) is 29.6. The molecule has 1 aliphatic rings.